The third-order valence-electron chi connectivity index (χ3n) is 2.98. The first kappa shape index (κ1) is 13.9. The summed E-state index contributed by atoms with van der Waals surface area (Å²) in [6, 6.07) is 12.2. The number of hydrogen-bond donors (Lipinski definition) is 2. The molecule has 0 fully saturated rings. The van der Waals surface area contributed by atoms with E-state index in [2.05, 4.69) is 28.1 Å². The number of halogens is 1. The second-order valence-electron chi connectivity index (χ2n) is 4.53. The van der Waals surface area contributed by atoms with Crippen molar-refractivity contribution in [2.24, 2.45) is 5.73 Å². The van der Waals surface area contributed by atoms with Gasteiger partial charge >= 0.3 is 0 Å². The van der Waals surface area contributed by atoms with E-state index in [4.69, 9.17) is 15.9 Å². The van der Waals surface area contributed by atoms with Crippen LogP contribution in [-0.4, -0.2) is 11.9 Å². The second kappa shape index (κ2) is 6.06. The van der Waals surface area contributed by atoms with Gasteiger partial charge in [0.15, 0.2) is 0 Å². The average Bonchev–Trinajstić information content (AvgIpc) is 2.37. The summed E-state index contributed by atoms with van der Waals surface area (Å²) in [5, 5.41) is 9.65. The molecule has 2 aromatic carbocycles. The molecule has 1 atom stereocenters. The molecule has 0 saturated carbocycles. The van der Waals surface area contributed by atoms with Crippen molar-refractivity contribution in [2.75, 3.05) is 0 Å². The molecule has 0 amide bonds. The molecule has 2 aromatic rings. The molecular weight excluding hydrogens is 304 g/mol. The molecule has 2 rings (SSSR count). The smallest absolute Gasteiger partial charge is 0.120 e. The molecule has 3 nitrogen and oxygen atoms in total. The Morgan fingerprint density at radius 2 is 1.95 bits per heavy atom. The van der Waals surface area contributed by atoms with E-state index in [0.29, 0.717) is 6.42 Å². The van der Waals surface area contributed by atoms with E-state index in [1.807, 2.05) is 31.2 Å². The predicted molar refractivity (Wildman–Crippen MR) is 82.9 cm³/mol. The monoisotopic (exact) mass is 320 g/mol. The SMILES string of the molecule is CCC(CC(=N)N)Oc1ccc2cc(Br)ccc2c1. The normalized spacial score (nSPS) is 12.3. The first-order chi connectivity index (χ1) is 9.08. The Labute approximate surface area is 121 Å². The quantitative estimate of drug-likeness (QED) is 0.644. The lowest BCUT2D eigenvalue weighted by Gasteiger charge is -2.17. The number of ether oxygens (including phenoxy) is 1. The Kier molecular flexibility index (Phi) is 4.43. The van der Waals surface area contributed by atoms with Gasteiger partial charge in [-0.3, -0.25) is 5.41 Å². The van der Waals surface area contributed by atoms with E-state index < -0.39 is 0 Å². The Hall–Kier alpha value is -1.55. The highest BCUT2D eigenvalue weighted by atomic mass is 79.9. The van der Waals surface area contributed by atoms with Gasteiger partial charge in [0.05, 0.1) is 5.84 Å². The van der Waals surface area contributed by atoms with E-state index in [9.17, 15) is 0 Å². The van der Waals surface area contributed by atoms with Crippen LogP contribution in [0.3, 0.4) is 0 Å². The van der Waals surface area contributed by atoms with Gasteiger partial charge in [-0.1, -0.05) is 35.0 Å². The summed E-state index contributed by atoms with van der Waals surface area (Å²) in [6.45, 7) is 2.03. The maximum Gasteiger partial charge on any atom is 0.120 e. The van der Waals surface area contributed by atoms with Gasteiger partial charge in [0, 0.05) is 10.9 Å². The minimum absolute atomic E-state index is 0.0367. The van der Waals surface area contributed by atoms with Crippen LogP contribution in [0.1, 0.15) is 19.8 Å². The highest BCUT2D eigenvalue weighted by Gasteiger charge is 2.10. The van der Waals surface area contributed by atoms with Crippen LogP contribution in [0.5, 0.6) is 5.75 Å². The zero-order valence-corrected chi connectivity index (χ0v) is 12.4. The second-order valence-corrected chi connectivity index (χ2v) is 5.45. The van der Waals surface area contributed by atoms with Crippen molar-refractivity contribution in [3.05, 3.63) is 40.9 Å². The fourth-order valence-corrected chi connectivity index (χ4v) is 2.35. The lowest BCUT2D eigenvalue weighted by molar-refractivity contribution is 0.205. The number of fused-ring (bicyclic) bond motifs is 1. The minimum Gasteiger partial charge on any atom is -0.490 e. The van der Waals surface area contributed by atoms with Crippen LogP contribution in [0.2, 0.25) is 0 Å². The Morgan fingerprint density at radius 3 is 2.63 bits per heavy atom. The van der Waals surface area contributed by atoms with Crippen molar-refractivity contribution >= 4 is 32.5 Å². The molecule has 1 unspecified atom stereocenters. The van der Waals surface area contributed by atoms with Crippen molar-refractivity contribution in [3.63, 3.8) is 0 Å². The summed E-state index contributed by atoms with van der Waals surface area (Å²) in [4.78, 5) is 0. The summed E-state index contributed by atoms with van der Waals surface area (Å²) in [5.41, 5.74) is 5.43. The minimum atomic E-state index is -0.0367. The Bertz CT molecular complexity index is 598. The molecule has 0 aromatic heterocycles. The average molecular weight is 321 g/mol. The van der Waals surface area contributed by atoms with Crippen LogP contribution in [0.15, 0.2) is 40.9 Å². The molecule has 0 heterocycles. The van der Waals surface area contributed by atoms with Gasteiger partial charge in [0.2, 0.25) is 0 Å². The van der Waals surface area contributed by atoms with Crippen LogP contribution < -0.4 is 10.5 Å². The van der Waals surface area contributed by atoms with Crippen molar-refractivity contribution in [3.8, 4) is 5.75 Å². The van der Waals surface area contributed by atoms with Gasteiger partial charge in [0.1, 0.15) is 11.9 Å². The Balaban J connectivity index is 2.21. The number of nitrogens with two attached hydrogens (primary N) is 1. The summed E-state index contributed by atoms with van der Waals surface area (Å²) < 4.78 is 6.95. The summed E-state index contributed by atoms with van der Waals surface area (Å²) in [5.74, 6) is 0.986. The van der Waals surface area contributed by atoms with Gasteiger partial charge in [-0.25, -0.2) is 0 Å². The van der Waals surface area contributed by atoms with E-state index in [1.54, 1.807) is 0 Å². The standard InChI is InChI=1S/C15H17BrN2O/c1-2-13(9-15(17)18)19-14-6-4-10-7-12(16)5-3-11(10)8-14/h3-8,13H,2,9H2,1H3,(H3,17,18). The van der Waals surface area contributed by atoms with E-state index in [-0.39, 0.29) is 11.9 Å². The first-order valence-corrected chi connectivity index (χ1v) is 7.06. The van der Waals surface area contributed by atoms with Crippen LogP contribution in [0.4, 0.5) is 0 Å². The maximum absolute atomic E-state index is 7.34. The number of amidine groups is 1. The van der Waals surface area contributed by atoms with Gasteiger partial charge in [-0.15, -0.1) is 0 Å². The molecule has 0 aliphatic rings. The summed E-state index contributed by atoms with van der Waals surface area (Å²) >= 11 is 3.46. The molecule has 0 bridgehead atoms. The van der Waals surface area contributed by atoms with Crippen molar-refractivity contribution in [2.45, 2.75) is 25.9 Å². The lowest BCUT2D eigenvalue weighted by atomic mass is 10.1. The summed E-state index contributed by atoms with van der Waals surface area (Å²) in [6.07, 6.45) is 1.26. The largest absolute Gasteiger partial charge is 0.490 e. The van der Waals surface area contributed by atoms with Gasteiger partial charge in [-0.05, 0) is 41.5 Å². The molecule has 0 spiro atoms. The van der Waals surface area contributed by atoms with Crippen LogP contribution >= 0.6 is 15.9 Å². The molecule has 3 N–H and O–H groups in total. The lowest BCUT2D eigenvalue weighted by Crippen LogP contribution is -2.23. The van der Waals surface area contributed by atoms with Gasteiger partial charge < -0.3 is 10.5 Å². The zero-order valence-electron chi connectivity index (χ0n) is 10.8. The van der Waals surface area contributed by atoms with Gasteiger partial charge in [0.25, 0.3) is 0 Å². The fraction of sp³-hybridized carbons (Fsp3) is 0.267. The van der Waals surface area contributed by atoms with Crippen molar-refractivity contribution in [1.82, 2.24) is 0 Å². The maximum atomic E-state index is 7.34. The number of nitrogens with one attached hydrogen (secondary N) is 1. The van der Waals surface area contributed by atoms with E-state index >= 15 is 0 Å². The molecule has 0 radical (unpaired) electrons. The highest BCUT2D eigenvalue weighted by molar-refractivity contribution is 9.10. The molecule has 4 heteroatoms. The number of hydrogen-bond acceptors (Lipinski definition) is 2. The highest BCUT2D eigenvalue weighted by Crippen LogP contribution is 2.25. The van der Waals surface area contributed by atoms with Crippen LogP contribution in [0.25, 0.3) is 10.8 Å². The number of benzene rings is 2. The topological polar surface area (TPSA) is 59.1 Å². The van der Waals surface area contributed by atoms with Crippen LogP contribution in [0, 0.1) is 5.41 Å². The van der Waals surface area contributed by atoms with Crippen LogP contribution in [-0.2, 0) is 0 Å². The molecule has 0 aliphatic heterocycles. The summed E-state index contributed by atoms with van der Waals surface area (Å²) in [7, 11) is 0. The van der Waals surface area contributed by atoms with Crippen molar-refractivity contribution < 1.29 is 4.74 Å². The molecular formula is C15H17BrN2O. The molecule has 0 aliphatic carbocycles. The van der Waals surface area contributed by atoms with E-state index in [1.165, 1.54) is 5.39 Å². The predicted octanol–water partition coefficient (Wildman–Crippen LogP) is 4.09. The van der Waals surface area contributed by atoms with E-state index in [0.717, 1.165) is 22.0 Å². The fourth-order valence-electron chi connectivity index (χ4n) is 1.98. The Morgan fingerprint density at radius 1 is 1.26 bits per heavy atom. The van der Waals surface area contributed by atoms with Crippen molar-refractivity contribution in [1.29, 1.82) is 5.41 Å². The number of rotatable bonds is 5. The van der Waals surface area contributed by atoms with Gasteiger partial charge in [-0.2, -0.15) is 0 Å². The third-order valence-corrected chi connectivity index (χ3v) is 3.47. The molecule has 19 heavy (non-hydrogen) atoms. The molecule has 100 valence electrons. The molecule has 0 saturated heterocycles. The first-order valence-electron chi connectivity index (χ1n) is 6.27. The zero-order chi connectivity index (χ0) is 13.8. The third kappa shape index (κ3) is 3.70.